The average Bonchev–Trinajstić information content (AvgIpc) is 2.65. The third kappa shape index (κ3) is 2.73. The standard InChI is InChI=1S/C20H21NO3/c22-11-9-18(16-7-8-19-20(14-16)24-13-12-23-19)21-10-3-5-15-4-1-2-6-17(15)21/h1-2,4,6-8,11,14,18H,3,5,9-10,12-13H2. The predicted octanol–water partition coefficient (Wildman–Crippen LogP) is 3.54. The van der Waals surface area contributed by atoms with Crippen molar-refractivity contribution < 1.29 is 14.3 Å². The van der Waals surface area contributed by atoms with Gasteiger partial charge >= 0.3 is 0 Å². The van der Waals surface area contributed by atoms with Crippen molar-refractivity contribution in [2.45, 2.75) is 25.3 Å². The zero-order valence-electron chi connectivity index (χ0n) is 13.6. The highest BCUT2D eigenvalue weighted by molar-refractivity contribution is 5.61. The van der Waals surface area contributed by atoms with Gasteiger partial charge in [-0.25, -0.2) is 0 Å². The zero-order valence-corrected chi connectivity index (χ0v) is 13.6. The van der Waals surface area contributed by atoms with Crippen LogP contribution in [-0.2, 0) is 11.2 Å². The van der Waals surface area contributed by atoms with Gasteiger partial charge in [0.1, 0.15) is 19.5 Å². The van der Waals surface area contributed by atoms with Crippen LogP contribution in [0.25, 0.3) is 0 Å². The number of carbonyl (C=O) groups is 1. The lowest BCUT2D eigenvalue weighted by Crippen LogP contribution is -2.34. The second kappa shape index (κ2) is 6.56. The van der Waals surface area contributed by atoms with E-state index in [0.717, 1.165) is 42.7 Å². The van der Waals surface area contributed by atoms with Crippen LogP contribution in [0.15, 0.2) is 42.5 Å². The second-order valence-electron chi connectivity index (χ2n) is 6.25. The summed E-state index contributed by atoms with van der Waals surface area (Å²) < 4.78 is 11.3. The van der Waals surface area contributed by atoms with E-state index in [2.05, 4.69) is 35.2 Å². The maximum absolute atomic E-state index is 11.3. The van der Waals surface area contributed by atoms with Crippen LogP contribution in [0.5, 0.6) is 11.5 Å². The lowest BCUT2D eigenvalue weighted by atomic mass is 9.95. The first kappa shape index (κ1) is 15.1. The van der Waals surface area contributed by atoms with Gasteiger partial charge in [-0.05, 0) is 42.2 Å². The number of ether oxygens (including phenoxy) is 2. The molecule has 2 aromatic rings. The topological polar surface area (TPSA) is 38.8 Å². The van der Waals surface area contributed by atoms with E-state index in [1.54, 1.807) is 0 Å². The summed E-state index contributed by atoms with van der Waals surface area (Å²) >= 11 is 0. The SMILES string of the molecule is O=CCC(c1ccc2c(c1)OCCO2)N1CCCc2ccccc21. The lowest BCUT2D eigenvalue weighted by Gasteiger charge is -2.38. The molecule has 4 heteroatoms. The molecule has 4 nitrogen and oxygen atoms in total. The fourth-order valence-corrected chi connectivity index (χ4v) is 3.69. The Labute approximate surface area is 142 Å². The smallest absolute Gasteiger partial charge is 0.161 e. The third-order valence-electron chi connectivity index (χ3n) is 4.79. The molecule has 0 saturated carbocycles. The van der Waals surface area contributed by atoms with Gasteiger partial charge in [-0.2, -0.15) is 0 Å². The third-order valence-corrected chi connectivity index (χ3v) is 4.79. The Hall–Kier alpha value is -2.49. The van der Waals surface area contributed by atoms with E-state index in [4.69, 9.17) is 9.47 Å². The minimum absolute atomic E-state index is 0.0276. The van der Waals surface area contributed by atoms with Crippen molar-refractivity contribution in [1.29, 1.82) is 0 Å². The number of para-hydroxylation sites is 1. The minimum atomic E-state index is 0.0276. The van der Waals surface area contributed by atoms with E-state index < -0.39 is 0 Å². The highest BCUT2D eigenvalue weighted by Gasteiger charge is 2.26. The number of hydrogen-bond acceptors (Lipinski definition) is 4. The van der Waals surface area contributed by atoms with Gasteiger partial charge in [-0.3, -0.25) is 0 Å². The predicted molar refractivity (Wildman–Crippen MR) is 93.0 cm³/mol. The van der Waals surface area contributed by atoms with Crippen molar-refractivity contribution >= 4 is 12.0 Å². The Bertz CT molecular complexity index is 743. The largest absolute Gasteiger partial charge is 0.486 e. The van der Waals surface area contributed by atoms with E-state index in [-0.39, 0.29) is 6.04 Å². The number of nitrogens with zero attached hydrogens (tertiary/aromatic N) is 1. The lowest BCUT2D eigenvalue weighted by molar-refractivity contribution is -0.108. The first-order valence-electron chi connectivity index (χ1n) is 8.54. The van der Waals surface area contributed by atoms with Crippen molar-refractivity contribution in [3.63, 3.8) is 0 Å². The van der Waals surface area contributed by atoms with Gasteiger partial charge in [0.15, 0.2) is 11.5 Å². The molecule has 0 radical (unpaired) electrons. The number of rotatable bonds is 4. The van der Waals surface area contributed by atoms with Gasteiger partial charge in [0.2, 0.25) is 0 Å². The van der Waals surface area contributed by atoms with Gasteiger partial charge in [0.05, 0.1) is 6.04 Å². The summed E-state index contributed by atoms with van der Waals surface area (Å²) in [6, 6.07) is 14.6. The summed E-state index contributed by atoms with van der Waals surface area (Å²) in [5.74, 6) is 1.56. The monoisotopic (exact) mass is 323 g/mol. The molecular weight excluding hydrogens is 302 g/mol. The molecule has 4 rings (SSSR count). The number of hydrogen-bond donors (Lipinski definition) is 0. The molecule has 0 aromatic heterocycles. The summed E-state index contributed by atoms with van der Waals surface area (Å²) in [6.07, 6.45) is 3.69. The number of carbonyl (C=O) groups excluding carboxylic acids is 1. The van der Waals surface area contributed by atoms with Gasteiger partial charge in [-0.15, -0.1) is 0 Å². The van der Waals surface area contributed by atoms with Crippen LogP contribution >= 0.6 is 0 Å². The Morgan fingerprint density at radius 2 is 1.92 bits per heavy atom. The molecule has 2 aliphatic rings. The Morgan fingerprint density at radius 1 is 1.08 bits per heavy atom. The van der Waals surface area contributed by atoms with Crippen molar-refractivity contribution in [1.82, 2.24) is 0 Å². The van der Waals surface area contributed by atoms with Crippen LogP contribution in [0, 0.1) is 0 Å². The first-order valence-corrected chi connectivity index (χ1v) is 8.54. The van der Waals surface area contributed by atoms with Crippen LogP contribution in [0.3, 0.4) is 0 Å². The van der Waals surface area contributed by atoms with E-state index in [0.29, 0.717) is 19.6 Å². The Balaban J connectivity index is 1.72. The summed E-state index contributed by atoms with van der Waals surface area (Å²) in [5, 5.41) is 0. The highest BCUT2D eigenvalue weighted by atomic mass is 16.6. The van der Waals surface area contributed by atoms with Gasteiger partial charge in [-0.1, -0.05) is 24.3 Å². The molecule has 0 fully saturated rings. The molecule has 2 aromatic carbocycles. The highest BCUT2D eigenvalue weighted by Crippen LogP contribution is 2.39. The van der Waals surface area contributed by atoms with Crippen LogP contribution in [0.2, 0.25) is 0 Å². The van der Waals surface area contributed by atoms with E-state index >= 15 is 0 Å². The van der Waals surface area contributed by atoms with Crippen molar-refractivity contribution in [2.75, 3.05) is 24.7 Å². The molecule has 0 saturated heterocycles. The van der Waals surface area contributed by atoms with Crippen molar-refractivity contribution in [3.8, 4) is 11.5 Å². The number of fused-ring (bicyclic) bond motifs is 2. The normalized spacial score (nSPS) is 17.1. The van der Waals surface area contributed by atoms with Gasteiger partial charge in [0.25, 0.3) is 0 Å². The first-order chi connectivity index (χ1) is 11.9. The minimum Gasteiger partial charge on any atom is -0.486 e. The van der Waals surface area contributed by atoms with Crippen molar-refractivity contribution in [3.05, 3.63) is 53.6 Å². The summed E-state index contributed by atoms with van der Waals surface area (Å²) in [7, 11) is 0. The molecule has 2 heterocycles. The molecule has 24 heavy (non-hydrogen) atoms. The number of aldehydes is 1. The molecule has 0 amide bonds. The molecular formula is C20H21NO3. The molecule has 0 N–H and O–H groups in total. The van der Waals surface area contributed by atoms with Gasteiger partial charge < -0.3 is 19.2 Å². The van der Waals surface area contributed by atoms with Crippen LogP contribution in [0.1, 0.15) is 30.0 Å². The van der Waals surface area contributed by atoms with E-state index in [1.165, 1.54) is 11.3 Å². The molecule has 1 unspecified atom stereocenters. The maximum Gasteiger partial charge on any atom is 0.161 e. The second-order valence-corrected chi connectivity index (χ2v) is 6.25. The van der Waals surface area contributed by atoms with E-state index in [1.807, 2.05) is 12.1 Å². The van der Waals surface area contributed by atoms with Crippen LogP contribution in [0.4, 0.5) is 5.69 Å². The number of benzene rings is 2. The fraction of sp³-hybridized carbons (Fsp3) is 0.350. The summed E-state index contributed by atoms with van der Waals surface area (Å²) in [6.45, 7) is 2.12. The zero-order chi connectivity index (χ0) is 16.4. The number of anilines is 1. The molecule has 124 valence electrons. The average molecular weight is 323 g/mol. The molecule has 2 aliphatic heterocycles. The molecule has 0 bridgehead atoms. The van der Waals surface area contributed by atoms with Crippen LogP contribution in [-0.4, -0.2) is 26.0 Å². The molecule has 0 spiro atoms. The van der Waals surface area contributed by atoms with Crippen molar-refractivity contribution in [2.24, 2.45) is 0 Å². The summed E-state index contributed by atoms with van der Waals surface area (Å²) in [4.78, 5) is 13.7. The van der Waals surface area contributed by atoms with Gasteiger partial charge in [0, 0.05) is 18.7 Å². The maximum atomic E-state index is 11.3. The fourth-order valence-electron chi connectivity index (χ4n) is 3.69. The molecule has 1 atom stereocenters. The Morgan fingerprint density at radius 3 is 2.79 bits per heavy atom. The Kier molecular flexibility index (Phi) is 4.11. The van der Waals surface area contributed by atoms with Crippen LogP contribution < -0.4 is 14.4 Å². The quantitative estimate of drug-likeness (QED) is 0.807. The number of aryl methyl sites for hydroxylation is 1. The van der Waals surface area contributed by atoms with E-state index in [9.17, 15) is 4.79 Å². The molecule has 0 aliphatic carbocycles. The summed E-state index contributed by atoms with van der Waals surface area (Å²) in [5.41, 5.74) is 3.70.